The molecule has 17 heavy (non-hydrogen) atoms. The molecule has 1 atom stereocenters. The van der Waals surface area contributed by atoms with Crippen molar-refractivity contribution in [1.82, 2.24) is 15.4 Å². The van der Waals surface area contributed by atoms with Gasteiger partial charge in [0.1, 0.15) is 17.0 Å². The van der Waals surface area contributed by atoms with Crippen LogP contribution in [0.25, 0.3) is 11.0 Å². The summed E-state index contributed by atoms with van der Waals surface area (Å²) in [6.07, 6.45) is 0.519. The minimum atomic E-state index is -0.931. The Balaban J connectivity index is 2.06. The van der Waals surface area contributed by atoms with Crippen molar-refractivity contribution in [1.29, 1.82) is 0 Å². The van der Waals surface area contributed by atoms with Gasteiger partial charge in [-0.15, -0.1) is 0 Å². The number of aliphatic hydroxyl groups excluding tert-OH is 1. The number of rotatable bonds is 2. The Morgan fingerprint density at radius 2 is 2.24 bits per heavy atom. The van der Waals surface area contributed by atoms with Crippen molar-refractivity contribution in [2.75, 3.05) is 0 Å². The van der Waals surface area contributed by atoms with E-state index in [1.54, 1.807) is 24.3 Å². The molecule has 0 aliphatic carbocycles. The van der Waals surface area contributed by atoms with E-state index < -0.39 is 6.10 Å². The molecule has 0 radical (unpaired) electrons. The molecule has 5 nitrogen and oxygen atoms in total. The first-order valence-electron chi connectivity index (χ1n) is 4.97. The summed E-state index contributed by atoms with van der Waals surface area (Å²) in [4.78, 5) is 0. The Morgan fingerprint density at radius 1 is 1.35 bits per heavy atom. The van der Waals surface area contributed by atoms with Gasteiger partial charge in [-0.25, -0.2) is 0 Å². The summed E-state index contributed by atoms with van der Waals surface area (Å²) in [6, 6.07) is 7.01. The predicted molar refractivity (Wildman–Crippen MR) is 61.7 cm³/mol. The van der Waals surface area contributed by atoms with Gasteiger partial charge in [-0.1, -0.05) is 11.6 Å². The molecule has 0 fully saturated rings. The summed E-state index contributed by atoms with van der Waals surface area (Å²) in [5, 5.41) is 21.4. The van der Waals surface area contributed by atoms with Crippen LogP contribution in [-0.4, -0.2) is 20.5 Å². The number of hydrogen-bond donors (Lipinski definition) is 2. The highest BCUT2D eigenvalue weighted by Crippen LogP contribution is 2.28. The summed E-state index contributed by atoms with van der Waals surface area (Å²) in [6.45, 7) is 0. The molecule has 1 aromatic carbocycles. The maximum Gasteiger partial charge on any atom is 0.157 e. The molecule has 6 heteroatoms. The number of fused-ring (bicyclic) bond motifs is 1. The largest absolute Gasteiger partial charge is 0.458 e. The fraction of sp³-hybridized carbons (Fsp3) is 0.0909. The van der Waals surface area contributed by atoms with E-state index in [2.05, 4.69) is 15.4 Å². The van der Waals surface area contributed by atoms with Crippen LogP contribution in [0.5, 0.6) is 0 Å². The van der Waals surface area contributed by atoms with Crippen molar-refractivity contribution < 1.29 is 9.52 Å². The summed E-state index contributed by atoms with van der Waals surface area (Å²) in [7, 11) is 0. The van der Waals surface area contributed by atoms with Crippen LogP contribution in [0.1, 0.15) is 17.6 Å². The van der Waals surface area contributed by atoms with Gasteiger partial charge >= 0.3 is 0 Å². The lowest BCUT2D eigenvalue weighted by Gasteiger charge is -2.01. The number of halogens is 1. The summed E-state index contributed by atoms with van der Waals surface area (Å²) in [5.41, 5.74) is 1.09. The summed E-state index contributed by atoms with van der Waals surface area (Å²) >= 11 is 5.88. The zero-order valence-corrected chi connectivity index (χ0v) is 9.35. The molecule has 3 rings (SSSR count). The van der Waals surface area contributed by atoms with Crippen molar-refractivity contribution in [3.8, 4) is 0 Å². The van der Waals surface area contributed by atoms with E-state index in [-0.39, 0.29) is 0 Å². The molecule has 0 spiro atoms. The number of H-pyrrole nitrogens is 1. The standard InChI is InChI=1S/C11H8ClN3O2/c12-7-1-2-9-6(3-7)4-10(17-9)11(16)8-5-13-15-14-8/h1-5,11,16H,(H,13,14,15). The maximum absolute atomic E-state index is 10.0. The van der Waals surface area contributed by atoms with Crippen molar-refractivity contribution >= 4 is 22.6 Å². The van der Waals surface area contributed by atoms with E-state index in [4.69, 9.17) is 16.0 Å². The molecular weight excluding hydrogens is 242 g/mol. The third-order valence-electron chi connectivity index (χ3n) is 2.48. The number of aromatic amines is 1. The highest BCUT2D eigenvalue weighted by atomic mass is 35.5. The second kappa shape index (κ2) is 3.87. The van der Waals surface area contributed by atoms with E-state index in [0.29, 0.717) is 22.1 Å². The molecule has 0 aliphatic rings. The van der Waals surface area contributed by atoms with Gasteiger partial charge in [0, 0.05) is 10.4 Å². The van der Waals surface area contributed by atoms with Crippen LogP contribution in [0.15, 0.2) is 34.9 Å². The molecule has 0 amide bonds. The number of hydrogen-bond acceptors (Lipinski definition) is 4. The number of nitrogens with one attached hydrogen (secondary N) is 1. The number of nitrogens with zero attached hydrogens (tertiary/aromatic N) is 2. The van der Waals surface area contributed by atoms with E-state index >= 15 is 0 Å². The monoisotopic (exact) mass is 249 g/mol. The Morgan fingerprint density at radius 3 is 3.00 bits per heavy atom. The van der Waals surface area contributed by atoms with Crippen LogP contribution in [0.2, 0.25) is 5.02 Å². The zero-order chi connectivity index (χ0) is 11.8. The molecule has 3 aromatic rings. The summed E-state index contributed by atoms with van der Waals surface area (Å²) in [5.74, 6) is 0.413. The third-order valence-corrected chi connectivity index (χ3v) is 2.72. The first-order chi connectivity index (χ1) is 8.24. The van der Waals surface area contributed by atoms with Crippen molar-refractivity contribution in [3.05, 3.63) is 46.9 Å². The number of furan rings is 1. The van der Waals surface area contributed by atoms with E-state index in [9.17, 15) is 5.11 Å². The summed E-state index contributed by atoms with van der Waals surface area (Å²) < 4.78 is 5.52. The Bertz CT molecular complexity index is 648. The van der Waals surface area contributed by atoms with Gasteiger partial charge < -0.3 is 9.52 Å². The molecular formula is C11H8ClN3O2. The van der Waals surface area contributed by atoms with E-state index in [0.717, 1.165) is 5.39 Å². The first kappa shape index (κ1) is 10.3. The lowest BCUT2D eigenvalue weighted by Crippen LogP contribution is -1.98. The second-order valence-corrected chi connectivity index (χ2v) is 4.06. The minimum absolute atomic E-state index is 0.412. The van der Waals surface area contributed by atoms with Crippen LogP contribution in [0.3, 0.4) is 0 Å². The van der Waals surface area contributed by atoms with E-state index in [1.165, 1.54) is 6.20 Å². The van der Waals surface area contributed by atoms with Gasteiger partial charge in [-0.05, 0) is 24.3 Å². The second-order valence-electron chi connectivity index (χ2n) is 3.63. The molecule has 1 unspecified atom stereocenters. The average molecular weight is 250 g/mol. The topological polar surface area (TPSA) is 74.9 Å². The van der Waals surface area contributed by atoms with Gasteiger partial charge in [0.05, 0.1) is 6.20 Å². The fourth-order valence-electron chi connectivity index (χ4n) is 1.66. The highest BCUT2D eigenvalue weighted by Gasteiger charge is 2.17. The number of aliphatic hydroxyl groups is 1. The van der Waals surface area contributed by atoms with Gasteiger partial charge in [0.15, 0.2) is 6.10 Å². The molecule has 0 saturated carbocycles. The predicted octanol–water partition coefficient (Wildman–Crippen LogP) is 2.29. The first-order valence-corrected chi connectivity index (χ1v) is 5.34. The number of benzene rings is 1. The normalized spacial score (nSPS) is 13.1. The van der Waals surface area contributed by atoms with Gasteiger partial charge in [-0.2, -0.15) is 15.4 Å². The van der Waals surface area contributed by atoms with Crippen LogP contribution < -0.4 is 0 Å². The fourth-order valence-corrected chi connectivity index (χ4v) is 1.84. The quantitative estimate of drug-likeness (QED) is 0.731. The molecule has 2 N–H and O–H groups in total. The van der Waals surface area contributed by atoms with Crippen LogP contribution >= 0.6 is 11.6 Å². The van der Waals surface area contributed by atoms with Gasteiger partial charge in [-0.3, -0.25) is 0 Å². The number of aromatic nitrogens is 3. The zero-order valence-electron chi connectivity index (χ0n) is 8.59. The van der Waals surface area contributed by atoms with Crippen LogP contribution in [0, 0.1) is 0 Å². The average Bonchev–Trinajstić information content (AvgIpc) is 2.96. The molecule has 0 saturated heterocycles. The highest BCUT2D eigenvalue weighted by molar-refractivity contribution is 6.31. The van der Waals surface area contributed by atoms with Crippen molar-refractivity contribution in [3.63, 3.8) is 0 Å². The smallest absolute Gasteiger partial charge is 0.157 e. The Hall–Kier alpha value is -1.85. The third kappa shape index (κ3) is 1.79. The minimum Gasteiger partial charge on any atom is -0.458 e. The maximum atomic E-state index is 10.0. The molecule has 0 bridgehead atoms. The molecule has 0 aliphatic heterocycles. The Kier molecular flexibility index (Phi) is 2.35. The van der Waals surface area contributed by atoms with Crippen LogP contribution in [-0.2, 0) is 0 Å². The molecule has 2 heterocycles. The lowest BCUT2D eigenvalue weighted by atomic mass is 10.2. The van der Waals surface area contributed by atoms with Crippen LogP contribution in [0.4, 0.5) is 0 Å². The van der Waals surface area contributed by atoms with E-state index in [1.807, 2.05) is 0 Å². The molecule has 86 valence electrons. The molecule has 2 aromatic heterocycles. The van der Waals surface area contributed by atoms with Gasteiger partial charge in [0.2, 0.25) is 0 Å². The lowest BCUT2D eigenvalue weighted by molar-refractivity contribution is 0.187. The van der Waals surface area contributed by atoms with Crippen molar-refractivity contribution in [2.24, 2.45) is 0 Å². The SMILES string of the molecule is OC(c1cn[nH]n1)c1cc2cc(Cl)ccc2o1. The van der Waals surface area contributed by atoms with Gasteiger partial charge in [0.25, 0.3) is 0 Å². The van der Waals surface area contributed by atoms with Crippen molar-refractivity contribution in [2.45, 2.75) is 6.10 Å². The Labute approximate surface area is 101 Å².